The second kappa shape index (κ2) is 15.7. The quantitative estimate of drug-likeness (QED) is 0.166. The van der Waals surface area contributed by atoms with Gasteiger partial charge in [-0.05, 0) is 139 Å². The molecular formula is C74H53NO2. The van der Waals surface area contributed by atoms with Gasteiger partial charge in [0.15, 0.2) is 0 Å². The normalized spacial score (nSPS) is 14.9. The fourth-order valence-corrected chi connectivity index (χ4v) is 14.7. The molecule has 0 bridgehead atoms. The maximum absolute atomic E-state index is 7.04. The maximum Gasteiger partial charge on any atom is 0.144 e. The van der Waals surface area contributed by atoms with Gasteiger partial charge in [-0.3, -0.25) is 0 Å². The van der Waals surface area contributed by atoms with Gasteiger partial charge in [0, 0.05) is 60.6 Å². The summed E-state index contributed by atoms with van der Waals surface area (Å²) in [6.07, 6.45) is 0. The zero-order valence-corrected chi connectivity index (χ0v) is 43.7. The lowest BCUT2D eigenvalue weighted by atomic mass is 9.67. The second-order valence-corrected chi connectivity index (χ2v) is 22.7. The molecule has 0 fully saturated rings. The Labute approximate surface area is 448 Å². The van der Waals surface area contributed by atoms with Crippen molar-refractivity contribution in [3.63, 3.8) is 0 Å². The highest BCUT2D eigenvalue weighted by Gasteiger charge is 2.50. The van der Waals surface area contributed by atoms with Gasteiger partial charge in [0.2, 0.25) is 0 Å². The predicted molar refractivity (Wildman–Crippen MR) is 318 cm³/mol. The first-order valence-electron chi connectivity index (χ1n) is 27.1. The van der Waals surface area contributed by atoms with E-state index >= 15 is 0 Å². The molecular weight excluding hydrogens is 935 g/mol. The molecule has 0 aliphatic heterocycles. The lowest BCUT2D eigenvalue weighted by molar-refractivity contribution is 0.600. The summed E-state index contributed by atoms with van der Waals surface area (Å²) in [4.78, 5) is 2.52. The van der Waals surface area contributed by atoms with Gasteiger partial charge in [0.1, 0.15) is 22.3 Å². The van der Waals surface area contributed by atoms with Crippen LogP contribution in [0.3, 0.4) is 0 Å². The van der Waals surface area contributed by atoms with Crippen molar-refractivity contribution in [2.45, 2.75) is 50.9 Å². The van der Waals surface area contributed by atoms with Crippen molar-refractivity contribution in [2.24, 2.45) is 0 Å². The number of nitrogens with zero attached hydrogens (tertiary/aromatic N) is 1. The Balaban J connectivity index is 0.978. The van der Waals surface area contributed by atoms with Gasteiger partial charge in [-0.1, -0.05) is 210 Å². The van der Waals surface area contributed by atoms with Crippen LogP contribution in [0.5, 0.6) is 0 Å². The maximum atomic E-state index is 7.04. The minimum absolute atomic E-state index is 0.249. The van der Waals surface area contributed by atoms with E-state index in [4.69, 9.17) is 8.83 Å². The summed E-state index contributed by atoms with van der Waals surface area (Å²) in [5.74, 6) is 0. The second-order valence-electron chi connectivity index (χ2n) is 22.7. The summed E-state index contributed by atoms with van der Waals surface area (Å²) in [5, 5.41) is 4.64. The van der Waals surface area contributed by atoms with Crippen molar-refractivity contribution in [3.8, 4) is 44.5 Å². The molecule has 0 atom stereocenters. The van der Waals surface area contributed by atoms with Crippen LogP contribution in [0.1, 0.15) is 77.8 Å². The van der Waals surface area contributed by atoms with E-state index in [0.29, 0.717) is 0 Å². The third-order valence-corrected chi connectivity index (χ3v) is 18.0. The van der Waals surface area contributed by atoms with E-state index in [0.717, 1.165) is 66.7 Å². The van der Waals surface area contributed by atoms with E-state index in [9.17, 15) is 0 Å². The Kier molecular flexibility index (Phi) is 9.00. The molecule has 0 amide bonds. The molecule has 2 aromatic heterocycles. The fourth-order valence-electron chi connectivity index (χ4n) is 14.7. The molecule has 0 unspecified atom stereocenters. The number of fused-ring (bicyclic) bond motifs is 19. The van der Waals surface area contributed by atoms with Crippen molar-refractivity contribution < 1.29 is 8.83 Å². The van der Waals surface area contributed by atoms with Gasteiger partial charge in [0.25, 0.3) is 0 Å². The summed E-state index contributed by atoms with van der Waals surface area (Å²) in [6.45, 7) is 12.0. The molecule has 0 saturated heterocycles. The van der Waals surface area contributed by atoms with E-state index in [1.807, 2.05) is 0 Å². The van der Waals surface area contributed by atoms with Crippen LogP contribution < -0.4 is 4.90 Å². The molecule has 2 heterocycles. The molecule has 3 aliphatic rings. The zero-order chi connectivity index (χ0) is 51.5. The van der Waals surface area contributed by atoms with Gasteiger partial charge >= 0.3 is 0 Å². The number of benzene rings is 11. The number of rotatable bonds is 6. The van der Waals surface area contributed by atoms with Crippen LogP contribution in [0.25, 0.3) is 88.4 Å². The summed E-state index contributed by atoms with van der Waals surface area (Å²) in [7, 11) is 0. The molecule has 16 rings (SSSR count). The number of anilines is 3. The highest BCUT2D eigenvalue weighted by molar-refractivity contribution is 6.22. The molecule has 0 spiro atoms. The molecule has 0 radical (unpaired) electrons. The van der Waals surface area contributed by atoms with Gasteiger partial charge in [-0.2, -0.15) is 0 Å². The van der Waals surface area contributed by atoms with E-state index in [1.165, 1.54) is 88.8 Å². The Morgan fingerprint density at radius 1 is 0.364 bits per heavy atom. The van der Waals surface area contributed by atoms with E-state index in [-0.39, 0.29) is 10.8 Å². The minimum Gasteiger partial charge on any atom is -0.455 e. The van der Waals surface area contributed by atoms with E-state index in [1.54, 1.807) is 0 Å². The lowest BCUT2D eigenvalue weighted by Crippen LogP contribution is -2.29. The highest BCUT2D eigenvalue weighted by atomic mass is 16.3. The summed E-state index contributed by atoms with van der Waals surface area (Å²) >= 11 is 0. The number of hydrogen-bond acceptors (Lipinski definition) is 3. The molecule has 3 nitrogen and oxygen atoms in total. The lowest BCUT2D eigenvalue weighted by Gasteiger charge is -2.35. The van der Waals surface area contributed by atoms with Gasteiger partial charge in [0.05, 0.1) is 5.41 Å². The fraction of sp³-hybridized carbons (Fsp3) is 0.108. The summed E-state index contributed by atoms with van der Waals surface area (Å²) in [6, 6.07) is 85.2. The van der Waals surface area contributed by atoms with Crippen LogP contribution in [0.15, 0.2) is 239 Å². The third kappa shape index (κ3) is 5.76. The molecule has 11 aromatic carbocycles. The first kappa shape index (κ1) is 44.1. The van der Waals surface area contributed by atoms with Crippen molar-refractivity contribution in [3.05, 3.63) is 281 Å². The first-order chi connectivity index (χ1) is 37.7. The van der Waals surface area contributed by atoms with Crippen LogP contribution in [0, 0.1) is 6.92 Å². The third-order valence-electron chi connectivity index (χ3n) is 18.0. The van der Waals surface area contributed by atoms with Gasteiger partial charge in [-0.25, -0.2) is 0 Å². The average Bonchev–Trinajstić information content (AvgIpc) is 4.42. The van der Waals surface area contributed by atoms with Crippen molar-refractivity contribution in [2.75, 3.05) is 4.90 Å². The molecule has 366 valence electrons. The Morgan fingerprint density at radius 2 is 0.857 bits per heavy atom. The van der Waals surface area contributed by atoms with Crippen LogP contribution >= 0.6 is 0 Å². The van der Waals surface area contributed by atoms with Crippen molar-refractivity contribution >= 4 is 60.9 Å². The Morgan fingerprint density at radius 3 is 1.52 bits per heavy atom. The topological polar surface area (TPSA) is 29.5 Å². The van der Waals surface area contributed by atoms with E-state index in [2.05, 4.69) is 270 Å². The summed E-state index contributed by atoms with van der Waals surface area (Å²) in [5.41, 5.74) is 27.0. The molecule has 0 saturated carbocycles. The van der Waals surface area contributed by atoms with Gasteiger partial charge < -0.3 is 13.7 Å². The van der Waals surface area contributed by atoms with Crippen molar-refractivity contribution in [1.82, 2.24) is 0 Å². The predicted octanol–water partition coefficient (Wildman–Crippen LogP) is 19.9. The molecule has 13 aromatic rings. The number of para-hydroxylation sites is 3. The number of furan rings is 2. The monoisotopic (exact) mass is 987 g/mol. The smallest absolute Gasteiger partial charge is 0.144 e. The summed E-state index contributed by atoms with van der Waals surface area (Å²) < 4.78 is 14.0. The van der Waals surface area contributed by atoms with Crippen molar-refractivity contribution in [1.29, 1.82) is 0 Å². The van der Waals surface area contributed by atoms with Crippen LogP contribution in [0.4, 0.5) is 17.1 Å². The Hall–Kier alpha value is -9.18. The van der Waals surface area contributed by atoms with Gasteiger partial charge in [-0.15, -0.1) is 0 Å². The standard InChI is InChI=1S/C74H53NO2/c1-44-23-15-20-34-60(44)75(48-37-39-51-57(41-48)73(4,5)68-64(51)66-54-32-18-22-36-62(54)77-71(66)67-50-30-16-19-33-56(50)72(2,3)69(67)68)49-38-40-52-58(42-49)74(46-26-11-7-12-27-46,47-28-13-8-14-29-47)59-43-55(45-24-9-6-10-25-45)70-65(63(52)59)53-31-17-21-35-61(53)76-70/h6-43H,1-5H3. The molecule has 0 N–H and O–H groups in total. The highest BCUT2D eigenvalue weighted by Crippen LogP contribution is 2.65. The minimum atomic E-state index is -0.707. The molecule has 3 aliphatic carbocycles. The zero-order valence-electron chi connectivity index (χ0n) is 43.7. The molecule has 3 heteroatoms. The van der Waals surface area contributed by atoms with Crippen LogP contribution in [0.2, 0.25) is 0 Å². The largest absolute Gasteiger partial charge is 0.455 e. The SMILES string of the molecule is Cc1ccccc1N(c1ccc2c(c1)C(C)(C)c1c3c(c4oc5ccccc5c4c1-2)-c1ccccc1C3(C)C)c1ccc2c(c1)C(c1ccccc1)(c1ccccc1)c1cc(-c3ccccc3)c3oc4ccccc4c3c1-2. The first-order valence-corrected chi connectivity index (χ1v) is 27.1. The number of aryl methyl sites for hydroxylation is 1. The van der Waals surface area contributed by atoms with Crippen LogP contribution in [-0.4, -0.2) is 0 Å². The number of hydrogen-bond donors (Lipinski definition) is 0. The average molecular weight is 988 g/mol. The van der Waals surface area contributed by atoms with Crippen LogP contribution in [-0.2, 0) is 16.2 Å². The van der Waals surface area contributed by atoms with E-state index < -0.39 is 5.41 Å². The Bertz CT molecular complexity index is 4590. The molecule has 77 heavy (non-hydrogen) atoms.